The summed E-state index contributed by atoms with van der Waals surface area (Å²) in [5.41, 5.74) is 1.05. The van der Waals surface area contributed by atoms with E-state index in [4.69, 9.17) is 32.7 Å². The molecule has 18 heavy (non-hydrogen) atoms. The Balaban J connectivity index is 2.76. The third kappa shape index (κ3) is 2.33. The molecule has 1 aromatic carbocycles. The number of carbonyl (C=O) groups is 1. The van der Waals surface area contributed by atoms with Gasteiger partial charge in [0.1, 0.15) is 5.58 Å². The average Bonchev–Trinajstić information content (AvgIpc) is 2.55. The number of hydrogen-bond acceptors (Lipinski definition) is 2. The van der Waals surface area contributed by atoms with Crippen LogP contribution in [0.15, 0.2) is 16.5 Å². The first-order chi connectivity index (χ1) is 8.40. The molecule has 0 aliphatic heterocycles. The van der Waals surface area contributed by atoms with Crippen molar-refractivity contribution in [3.63, 3.8) is 0 Å². The lowest BCUT2D eigenvalue weighted by Crippen LogP contribution is -2.02. The van der Waals surface area contributed by atoms with Gasteiger partial charge in [0.05, 0.1) is 5.02 Å². The standard InChI is InChI=1S/C13H12Cl2O3/c1-6(2)3-8-11-9(15)4-7(14)5-10(11)18-12(8)13(16)17/h4-6H,3H2,1-2H3,(H,16,17). The Morgan fingerprint density at radius 1 is 1.39 bits per heavy atom. The van der Waals surface area contributed by atoms with E-state index in [0.717, 1.165) is 0 Å². The van der Waals surface area contributed by atoms with Gasteiger partial charge in [0, 0.05) is 22.0 Å². The summed E-state index contributed by atoms with van der Waals surface area (Å²) >= 11 is 12.0. The Labute approximate surface area is 114 Å². The van der Waals surface area contributed by atoms with Crippen LogP contribution in [-0.4, -0.2) is 11.1 Å². The van der Waals surface area contributed by atoms with Crippen LogP contribution in [0.4, 0.5) is 0 Å². The van der Waals surface area contributed by atoms with Crippen LogP contribution in [0.5, 0.6) is 0 Å². The minimum absolute atomic E-state index is 0.0529. The van der Waals surface area contributed by atoms with Crippen LogP contribution in [-0.2, 0) is 6.42 Å². The Bertz CT molecular complexity index is 614. The van der Waals surface area contributed by atoms with Gasteiger partial charge in [-0.25, -0.2) is 4.79 Å². The summed E-state index contributed by atoms with van der Waals surface area (Å²) in [6.07, 6.45) is 0.593. The number of furan rings is 1. The van der Waals surface area contributed by atoms with Gasteiger partial charge in [0.2, 0.25) is 5.76 Å². The van der Waals surface area contributed by atoms with Gasteiger partial charge in [-0.2, -0.15) is 0 Å². The monoisotopic (exact) mass is 286 g/mol. The van der Waals surface area contributed by atoms with Gasteiger partial charge in [0.15, 0.2) is 0 Å². The molecule has 0 aliphatic carbocycles. The highest BCUT2D eigenvalue weighted by molar-refractivity contribution is 6.38. The van der Waals surface area contributed by atoms with Crippen molar-refractivity contribution in [2.24, 2.45) is 5.92 Å². The molecular formula is C13H12Cl2O3. The lowest BCUT2D eigenvalue weighted by atomic mass is 10.00. The van der Waals surface area contributed by atoms with Crippen molar-refractivity contribution in [3.8, 4) is 0 Å². The molecule has 5 heteroatoms. The number of carboxylic acids is 1. The Morgan fingerprint density at radius 2 is 2.06 bits per heavy atom. The van der Waals surface area contributed by atoms with Crippen LogP contribution in [0.1, 0.15) is 30.0 Å². The van der Waals surface area contributed by atoms with Gasteiger partial charge in [-0.05, 0) is 18.4 Å². The zero-order chi connectivity index (χ0) is 13.4. The van der Waals surface area contributed by atoms with Crippen molar-refractivity contribution >= 4 is 40.1 Å². The first-order valence-electron chi connectivity index (χ1n) is 5.54. The van der Waals surface area contributed by atoms with Crippen molar-refractivity contribution in [3.05, 3.63) is 33.5 Å². The lowest BCUT2D eigenvalue weighted by molar-refractivity contribution is 0.0663. The van der Waals surface area contributed by atoms with E-state index >= 15 is 0 Å². The molecule has 0 saturated carbocycles. The third-order valence-corrected chi connectivity index (χ3v) is 3.13. The first-order valence-corrected chi connectivity index (χ1v) is 6.29. The summed E-state index contributed by atoms with van der Waals surface area (Å²) in [6.45, 7) is 4.02. The van der Waals surface area contributed by atoms with Gasteiger partial charge in [0.25, 0.3) is 0 Å². The van der Waals surface area contributed by atoms with E-state index < -0.39 is 5.97 Å². The van der Waals surface area contributed by atoms with E-state index in [2.05, 4.69) is 0 Å². The number of benzene rings is 1. The number of halogens is 2. The maximum atomic E-state index is 11.2. The number of carboxylic acid groups (broad SMARTS) is 1. The quantitative estimate of drug-likeness (QED) is 0.894. The maximum Gasteiger partial charge on any atom is 0.372 e. The summed E-state index contributed by atoms with van der Waals surface area (Å²) in [7, 11) is 0. The second kappa shape index (κ2) is 4.82. The molecule has 0 bridgehead atoms. The molecule has 2 aromatic rings. The van der Waals surface area contributed by atoms with Crippen LogP contribution >= 0.6 is 23.2 Å². The van der Waals surface area contributed by atoms with Crippen molar-refractivity contribution < 1.29 is 14.3 Å². The fourth-order valence-corrected chi connectivity index (χ4v) is 2.57. The van der Waals surface area contributed by atoms with Gasteiger partial charge >= 0.3 is 5.97 Å². The minimum Gasteiger partial charge on any atom is -0.475 e. The summed E-state index contributed by atoms with van der Waals surface area (Å²) in [5, 5.41) is 10.7. The molecule has 96 valence electrons. The van der Waals surface area contributed by atoms with Gasteiger partial charge in [-0.15, -0.1) is 0 Å². The molecule has 1 N–H and O–H groups in total. The second-order valence-electron chi connectivity index (χ2n) is 4.57. The van der Waals surface area contributed by atoms with E-state index in [-0.39, 0.29) is 5.76 Å². The predicted octanol–water partition coefficient (Wildman–Crippen LogP) is 4.64. The normalized spacial score (nSPS) is 11.4. The second-order valence-corrected chi connectivity index (χ2v) is 5.42. The largest absolute Gasteiger partial charge is 0.475 e. The molecule has 0 spiro atoms. The molecular weight excluding hydrogens is 275 g/mol. The predicted molar refractivity (Wildman–Crippen MR) is 71.7 cm³/mol. The summed E-state index contributed by atoms with van der Waals surface area (Å²) in [5.74, 6) is -0.840. The maximum absolute atomic E-state index is 11.2. The van der Waals surface area contributed by atoms with Crippen molar-refractivity contribution in [1.29, 1.82) is 0 Å². The molecule has 0 saturated heterocycles. The molecule has 0 radical (unpaired) electrons. The molecule has 0 aliphatic rings. The molecule has 1 heterocycles. The van der Waals surface area contributed by atoms with Crippen LogP contribution in [0, 0.1) is 5.92 Å². The Morgan fingerprint density at radius 3 is 2.61 bits per heavy atom. The van der Waals surface area contributed by atoms with E-state index in [1.54, 1.807) is 12.1 Å². The Kier molecular flexibility index (Phi) is 3.55. The molecule has 0 unspecified atom stereocenters. The smallest absolute Gasteiger partial charge is 0.372 e. The Hall–Kier alpha value is -1.19. The van der Waals surface area contributed by atoms with Gasteiger partial charge in [-0.1, -0.05) is 37.0 Å². The van der Waals surface area contributed by atoms with Crippen LogP contribution in [0.2, 0.25) is 10.0 Å². The molecule has 3 nitrogen and oxygen atoms in total. The molecule has 0 atom stereocenters. The highest BCUT2D eigenvalue weighted by Gasteiger charge is 2.22. The highest BCUT2D eigenvalue weighted by atomic mass is 35.5. The molecule has 1 aromatic heterocycles. The van der Waals surface area contributed by atoms with Gasteiger partial charge < -0.3 is 9.52 Å². The summed E-state index contributed by atoms with van der Waals surface area (Å²) in [4.78, 5) is 11.2. The topological polar surface area (TPSA) is 50.4 Å². The van der Waals surface area contributed by atoms with E-state index in [1.807, 2.05) is 13.8 Å². The van der Waals surface area contributed by atoms with E-state index in [1.165, 1.54) is 0 Å². The minimum atomic E-state index is -1.09. The van der Waals surface area contributed by atoms with Crippen LogP contribution in [0.3, 0.4) is 0 Å². The van der Waals surface area contributed by atoms with E-state index in [0.29, 0.717) is 38.9 Å². The number of aromatic carboxylic acids is 1. The average molecular weight is 287 g/mol. The number of hydrogen-bond donors (Lipinski definition) is 1. The highest BCUT2D eigenvalue weighted by Crippen LogP contribution is 2.35. The number of fused-ring (bicyclic) bond motifs is 1. The van der Waals surface area contributed by atoms with Crippen LogP contribution < -0.4 is 0 Å². The fraction of sp³-hybridized carbons (Fsp3) is 0.308. The molecule has 0 fully saturated rings. The summed E-state index contributed by atoms with van der Waals surface area (Å²) < 4.78 is 5.35. The zero-order valence-corrected chi connectivity index (χ0v) is 11.5. The lowest BCUT2D eigenvalue weighted by Gasteiger charge is -2.04. The van der Waals surface area contributed by atoms with Crippen molar-refractivity contribution in [1.82, 2.24) is 0 Å². The molecule has 2 rings (SSSR count). The third-order valence-electron chi connectivity index (χ3n) is 2.61. The fourth-order valence-electron chi connectivity index (χ4n) is 1.98. The number of rotatable bonds is 3. The first kappa shape index (κ1) is 13.2. The SMILES string of the molecule is CC(C)Cc1c(C(=O)O)oc2cc(Cl)cc(Cl)c12. The van der Waals surface area contributed by atoms with Crippen molar-refractivity contribution in [2.45, 2.75) is 20.3 Å². The summed E-state index contributed by atoms with van der Waals surface area (Å²) in [6, 6.07) is 3.18. The zero-order valence-electron chi connectivity index (χ0n) is 9.96. The van der Waals surface area contributed by atoms with Crippen LogP contribution in [0.25, 0.3) is 11.0 Å². The van der Waals surface area contributed by atoms with E-state index in [9.17, 15) is 4.79 Å². The van der Waals surface area contributed by atoms with Crippen molar-refractivity contribution in [2.75, 3.05) is 0 Å². The van der Waals surface area contributed by atoms with Gasteiger partial charge in [-0.3, -0.25) is 0 Å². The molecule has 0 amide bonds.